The van der Waals surface area contributed by atoms with Crippen LogP contribution in [0.2, 0.25) is 0 Å². The molecule has 1 aromatic rings. The fourth-order valence-electron chi connectivity index (χ4n) is 6.13. The average Bonchev–Trinajstić information content (AvgIpc) is 2.91. The summed E-state index contributed by atoms with van der Waals surface area (Å²) in [4.78, 5) is 15.2. The molecule has 1 saturated heterocycles. The Kier molecular flexibility index (Phi) is 4.46. The van der Waals surface area contributed by atoms with Gasteiger partial charge in [-0.2, -0.15) is 0 Å². The van der Waals surface area contributed by atoms with Crippen LogP contribution in [0.15, 0.2) is 12.1 Å². The zero-order valence-corrected chi connectivity index (χ0v) is 17.6. The van der Waals surface area contributed by atoms with Crippen molar-refractivity contribution in [3.05, 3.63) is 28.8 Å². The van der Waals surface area contributed by atoms with Gasteiger partial charge in [-0.3, -0.25) is 4.79 Å². The number of rotatable bonds is 3. The van der Waals surface area contributed by atoms with Crippen LogP contribution in [-0.4, -0.2) is 32.0 Å². The number of cyclic esters (lactones) is 1. The maximum absolute atomic E-state index is 12.9. The van der Waals surface area contributed by atoms with Crippen LogP contribution in [0.5, 0.6) is 0 Å². The molecule has 5 rings (SSSR count). The minimum absolute atomic E-state index is 0.0893. The van der Waals surface area contributed by atoms with E-state index >= 15 is 0 Å². The average molecular weight is 384 g/mol. The molecular weight excluding hydrogens is 350 g/mol. The molecule has 2 aliphatic carbocycles. The summed E-state index contributed by atoms with van der Waals surface area (Å²) < 4.78 is 12.5. The van der Waals surface area contributed by atoms with E-state index < -0.39 is 6.29 Å². The van der Waals surface area contributed by atoms with Crippen LogP contribution in [0, 0.1) is 23.7 Å². The number of hydrogen-bond donors (Lipinski definition) is 0. The second kappa shape index (κ2) is 6.76. The minimum atomic E-state index is -0.407. The van der Waals surface area contributed by atoms with Gasteiger partial charge in [-0.1, -0.05) is 39.3 Å². The van der Waals surface area contributed by atoms with E-state index in [-0.39, 0.29) is 23.9 Å². The SMILES string of the molecule is CC(C)[C@@H]1CC[C@@H](C)C[C@H]1O[C@@H]1OC(=O)[C@H]2c3ccc4c(c3N(C)C[C@@H]12)CC4. The molecule has 152 valence electrons. The Balaban J connectivity index is 1.41. The van der Waals surface area contributed by atoms with Crippen molar-refractivity contribution in [2.75, 3.05) is 18.5 Å². The van der Waals surface area contributed by atoms with E-state index in [4.69, 9.17) is 9.47 Å². The largest absolute Gasteiger partial charge is 0.435 e. The number of ether oxygens (including phenoxy) is 2. The summed E-state index contributed by atoms with van der Waals surface area (Å²) in [6, 6.07) is 4.39. The van der Waals surface area contributed by atoms with E-state index in [9.17, 15) is 4.79 Å². The van der Waals surface area contributed by atoms with Crippen molar-refractivity contribution in [2.45, 2.75) is 71.2 Å². The van der Waals surface area contributed by atoms with Crippen molar-refractivity contribution in [1.29, 1.82) is 0 Å². The Bertz CT molecular complexity index is 788. The van der Waals surface area contributed by atoms with Gasteiger partial charge in [-0.15, -0.1) is 0 Å². The van der Waals surface area contributed by atoms with E-state index in [1.54, 1.807) is 0 Å². The van der Waals surface area contributed by atoms with E-state index in [1.165, 1.54) is 29.7 Å². The van der Waals surface area contributed by atoms with Crippen molar-refractivity contribution >= 4 is 11.7 Å². The van der Waals surface area contributed by atoms with Crippen LogP contribution in [0.1, 0.15) is 62.6 Å². The van der Waals surface area contributed by atoms with Crippen molar-refractivity contribution in [3.63, 3.8) is 0 Å². The van der Waals surface area contributed by atoms with Crippen molar-refractivity contribution in [1.82, 2.24) is 0 Å². The Morgan fingerprint density at radius 1 is 1.21 bits per heavy atom. The summed E-state index contributed by atoms with van der Waals surface area (Å²) in [5, 5.41) is 0. The second-order valence-corrected chi connectivity index (χ2v) is 9.97. The third kappa shape index (κ3) is 2.79. The Hall–Kier alpha value is -1.55. The lowest BCUT2D eigenvalue weighted by Crippen LogP contribution is -2.43. The highest BCUT2D eigenvalue weighted by atomic mass is 16.7. The van der Waals surface area contributed by atoms with Crippen LogP contribution < -0.4 is 4.90 Å². The van der Waals surface area contributed by atoms with Gasteiger partial charge in [0, 0.05) is 19.3 Å². The summed E-state index contributed by atoms with van der Waals surface area (Å²) in [5.74, 6) is 1.67. The number of esters is 1. The number of fused-ring (bicyclic) bond motifs is 5. The van der Waals surface area contributed by atoms with E-state index in [1.807, 2.05) is 0 Å². The molecule has 4 heteroatoms. The van der Waals surface area contributed by atoms with Gasteiger partial charge in [0.2, 0.25) is 6.29 Å². The molecule has 6 atom stereocenters. The van der Waals surface area contributed by atoms with Gasteiger partial charge in [0.05, 0.1) is 17.9 Å². The standard InChI is InChI=1S/C24H33NO3/c1-13(2)16-8-5-14(3)11-20(16)27-24-19-12-25(4)22-17-9-6-15(17)7-10-18(22)21(19)23(26)28-24/h7,10,13-14,16,19-21,24H,5-6,8-9,11-12H2,1-4H3/t14-,16+,19-,20-,21+,24-/m1/s1. The molecule has 1 saturated carbocycles. The highest BCUT2D eigenvalue weighted by molar-refractivity contribution is 5.86. The summed E-state index contributed by atoms with van der Waals surface area (Å²) in [6.45, 7) is 7.74. The van der Waals surface area contributed by atoms with Crippen molar-refractivity contribution < 1.29 is 14.3 Å². The lowest BCUT2D eigenvalue weighted by molar-refractivity contribution is -0.195. The fraction of sp³-hybridized carbons (Fsp3) is 0.708. The van der Waals surface area contributed by atoms with Gasteiger partial charge in [0.15, 0.2) is 0 Å². The lowest BCUT2D eigenvalue weighted by Gasteiger charge is -2.41. The lowest BCUT2D eigenvalue weighted by atomic mass is 9.75. The number of nitrogens with zero attached hydrogens (tertiary/aromatic N) is 1. The van der Waals surface area contributed by atoms with Gasteiger partial charge >= 0.3 is 5.97 Å². The Morgan fingerprint density at radius 3 is 2.75 bits per heavy atom. The number of carbonyl (C=O) groups excluding carboxylic acids is 1. The summed E-state index contributed by atoms with van der Waals surface area (Å²) in [5.41, 5.74) is 5.33. The van der Waals surface area contributed by atoms with Crippen LogP contribution in [-0.2, 0) is 27.1 Å². The first-order chi connectivity index (χ1) is 13.4. The molecule has 0 unspecified atom stereocenters. The number of carbonyl (C=O) groups is 1. The van der Waals surface area contributed by atoms with Crippen LogP contribution >= 0.6 is 0 Å². The molecular formula is C24H33NO3. The highest BCUT2D eigenvalue weighted by Crippen LogP contribution is 2.50. The van der Waals surface area contributed by atoms with Gasteiger partial charge in [-0.25, -0.2) is 0 Å². The topological polar surface area (TPSA) is 38.8 Å². The molecule has 2 fully saturated rings. The minimum Gasteiger partial charge on any atom is -0.435 e. The van der Waals surface area contributed by atoms with Crippen LogP contribution in [0.25, 0.3) is 0 Å². The maximum atomic E-state index is 12.9. The Morgan fingerprint density at radius 2 is 2.04 bits per heavy atom. The molecule has 0 amide bonds. The van der Waals surface area contributed by atoms with Crippen molar-refractivity contribution in [2.24, 2.45) is 23.7 Å². The quantitative estimate of drug-likeness (QED) is 0.730. The van der Waals surface area contributed by atoms with Crippen molar-refractivity contribution in [3.8, 4) is 0 Å². The molecule has 2 aliphatic heterocycles. The maximum Gasteiger partial charge on any atom is 0.316 e. The smallest absolute Gasteiger partial charge is 0.316 e. The number of benzene rings is 1. The third-order valence-electron chi connectivity index (χ3n) is 7.79. The molecule has 0 aromatic heterocycles. The predicted octanol–water partition coefficient (Wildman–Crippen LogP) is 4.30. The first-order valence-corrected chi connectivity index (χ1v) is 11.2. The Labute approximate surface area is 168 Å². The van der Waals surface area contributed by atoms with Crippen LogP contribution in [0.4, 0.5) is 5.69 Å². The molecule has 28 heavy (non-hydrogen) atoms. The summed E-state index contributed by atoms with van der Waals surface area (Å²) in [6.07, 6.45) is 5.66. The summed E-state index contributed by atoms with van der Waals surface area (Å²) in [7, 11) is 2.16. The first kappa shape index (κ1) is 18.5. The third-order valence-corrected chi connectivity index (χ3v) is 7.79. The fourth-order valence-corrected chi connectivity index (χ4v) is 6.13. The first-order valence-electron chi connectivity index (χ1n) is 11.2. The van der Waals surface area contributed by atoms with E-state index in [2.05, 4.69) is 44.9 Å². The van der Waals surface area contributed by atoms with Crippen LogP contribution in [0.3, 0.4) is 0 Å². The highest BCUT2D eigenvalue weighted by Gasteiger charge is 2.52. The van der Waals surface area contributed by atoms with Gasteiger partial charge in [0.25, 0.3) is 0 Å². The summed E-state index contributed by atoms with van der Waals surface area (Å²) >= 11 is 0. The van der Waals surface area contributed by atoms with Gasteiger partial charge in [-0.05, 0) is 60.1 Å². The molecule has 0 radical (unpaired) electrons. The molecule has 0 spiro atoms. The van der Waals surface area contributed by atoms with E-state index in [0.29, 0.717) is 17.8 Å². The second-order valence-electron chi connectivity index (χ2n) is 9.97. The number of aryl methyl sites for hydroxylation is 1. The predicted molar refractivity (Wildman–Crippen MR) is 109 cm³/mol. The number of anilines is 1. The molecule has 1 aromatic carbocycles. The molecule has 2 heterocycles. The van der Waals surface area contributed by atoms with Gasteiger partial charge < -0.3 is 14.4 Å². The number of hydrogen-bond acceptors (Lipinski definition) is 4. The molecule has 0 N–H and O–H groups in total. The molecule has 4 nitrogen and oxygen atoms in total. The normalized spacial score (nSPS) is 36.5. The zero-order valence-electron chi connectivity index (χ0n) is 17.6. The zero-order chi connectivity index (χ0) is 19.6. The molecule has 4 aliphatic rings. The molecule has 0 bridgehead atoms. The monoisotopic (exact) mass is 383 g/mol. The van der Waals surface area contributed by atoms with Gasteiger partial charge in [0.1, 0.15) is 0 Å². The van der Waals surface area contributed by atoms with E-state index in [0.717, 1.165) is 31.4 Å².